The van der Waals surface area contributed by atoms with Gasteiger partial charge >= 0.3 is 0 Å². The van der Waals surface area contributed by atoms with Crippen molar-refractivity contribution < 1.29 is 10.0 Å². The summed E-state index contributed by atoms with van der Waals surface area (Å²) in [6.45, 7) is 0.207. The minimum Gasteiger partial charge on any atom is -0.286 e. The molecule has 0 aromatic heterocycles. The lowest BCUT2D eigenvalue weighted by Gasteiger charge is -2.09. The Morgan fingerprint density at radius 3 is 2.12 bits per heavy atom. The van der Waals surface area contributed by atoms with Crippen LogP contribution in [-0.2, 0) is 11.3 Å². The van der Waals surface area contributed by atoms with E-state index < -0.39 is 0 Å². The maximum absolute atomic E-state index is 10.3. The number of nitrogens with zero attached hydrogens (tertiary/aromatic N) is 1. The molecule has 3 nitrogen and oxygen atoms in total. The lowest BCUT2D eigenvalue weighted by Crippen LogP contribution is -2.15. The monoisotopic (exact) mass is 227 g/mol. The Hall–Kier alpha value is -2.13. The number of benzene rings is 2. The van der Waals surface area contributed by atoms with Crippen LogP contribution >= 0.6 is 0 Å². The van der Waals surface area contributed by atoms with Crippen LogP contribution in [0.25, 0.3) is 11.1 Å². The zero-order valence-corrected chi connectivity index (χ0v) is 9.28. The molecular formula is C14H13NO2. The summed E-state index contributed by atoms with van der Waals surface area (Å²) in [6, 6.07) is 17.8. The van der Waals surface area contributed by atoms with E-state index in [4.69, 9.17) is 5.21 Å². The van der Waals surface area contributed by atoms with Gasteiger partial charge in [0.1, 0.15) is 0 Å². The first-order valence-corrected chi connectivity index (χ1v) is 5.35. The van der Waals surface area contributed by atoms with E-state index in [2.05, 4.69) is 0 Å². The smallest absolute Gasteiger partial charge is 0.233 e. The lowest BCUT2D eigenvalue weighted by atomic mass is 10.0. The Bertz CT molecular complexity index is 479. The third kappa shape index (κ3) is 2.92. The normalized spacial score (nSPS) is 9.94. The Morgan fingerprint density at radius 1 is 0.941 bits per heavy atom. The second kappa shape index (κ2) is 5.27. The highest BCUT2D eigenvalue weighted by atomic mass is 16.5. The second-order valence-electron chi connectivity index (χ2n) is 3.77. The fourth-order valence-electron chi connectivity index (χ4n) is 1.66. The van der Waals surface area contributed by atoms with E-state index in [1.807, 2.05) is 54.6 Å². The van der Waals surface area contributed by atoms with Gasteiger partial charge in [0.05, 0.1) is 6.54 Å². The molecule has 1 amide bonds. The summed E-state index contributed by atoms with van der Waals surface area (Å²) in [4.78, 5) is 10.3. The fraction of sp³-hybridized carbons (Fsp3) is 0.0714. The van der Waals surface area contributed by atoms with Crippen molar-refractivity contribution in [2.45, 2.75) is 6.54 Å². The second-order valence-corrected chi connectivity index (χ2v) is 3.77. The number of rotatable bonds is 4. The summed E-state index contributed by atoms with van der Waals surface area (Å²) < 4.78 is 0. The zero-order valence-electron chi connectivity index (χ0n) is 9.28. The average molecular weight is 227 g/mol. The summed E-state index contributed by atoms with van der Waals surface area (Å²) in [5.74, 6) is 0. The quantitative estimate of drug-likeness (QED) is 0.495. The summed E-state index contributed by atoms with van der Waals surface area (Å²) in [5.41, 5.74) is 3.15. The molecule has 0 saturated carbocycles. The predicted molar refractivity (Wildman–Crippen MR) is 65.3 cm³/mol. The molecule has 0 fully saturated rings. The number of hydroxylamine groups is 2. The summed E-state index contributed by atoms with van der Waals surface area (Å²) >= 11 is 0. The van der Waals surface area contributed by atoms with E-state index in [-0.39, 0.29) is 6.54 Å². The van der Waals surface area contributed by atoms with Crippen molar-refractivity contribution in [3.63, 3.8) is 0 Å². The molecule has 0 radical (unpaired) electrons. The van der Waals surface area contributed by atoms with Gasteiger partial charge < -0.3 is 0 Å². The van der Waals surface area contributed by atoms with Crippen LogP contribution in [0, 0.1) is 0 Å². The van der Waals surface area contributed by atoms with Gasteiger partial charge in [-0.05, 0) is 16.7 Å². The van der Waals surface area contributed by atoms with Crippen molar-refractivity contribution in [3.05, 3.63) is 60.2 Å². The van der Waals surface area contributed by atoms with Crippen molar-refractivity contribution >= 4 is 6.41 Å². The van der Waals surface area contributed by atoms with Crippen LogP contribution < -0.4 is 0 Å². The zero-order chi connectivity index (χ0) is 12.1. The SMILES string of the molecule is O=CN(O)Cc1ccc(-c2ccccc2)cc1. The topological polar surface area (TPSA) is 40.5 Å². The summed E-state index contributed by atoms with van der Waals surface area (Å²) in [6.07, 6.45) is 0.394. The molecule has 1 N–H and O–H groups in total. The molecule has 0 atom stereocenters. The average Bonchev–Trinajstić information content (AvgIpc) is 2.40. The van der Waals surface area contributed by atoms with E-state index in [9.17, 15) is 4.79 Å². The van der Waals surface area contributed by atoms with Crippen LogP contribution in [0.1, 0.15) is 5.56 Å². The molecule has 0 aliphatic carbocycles. The number of amides is 1. The molecule has 0 spiro atoms. The van der Waals surface area contributed by atoms with Gasteiger partial charge in [-0.2, -0.15) is 0 Å². The van der Waals surface area contributed by atoms with Crippen molar-refractivity contribution in [2.24, 2.45) is 0 Å². The van der Waals surface area contributed by atoms with Crippen molar-refractivity contribution in [2.75, 3.05) is 0 Å². The molecule has 0 saturated heterocycles. The highest BCUT2D eigenvalue weighted by Gasteiger charge is 2.00. The van der Waals surface area contributed by atoms with Crippen molar-refractivity contribution in [3.8, 4) is 11.1 Å². The standard InChI is InChI=1S/C14H13NO2/c16-11-15(17)10-12-6-8-14(9-7-12)13-4-2-1-3-5-13/h1-9,11,17H,10H2. The minimum absolute atomic E-state index is 0.207. The minimum atomic E-state index is 0.207. The van der Waals surface area contributed by atoms with Crippen molar-refractivity contribution in [1.29, 1.82) is 0 Å². The molecule has 2 aromatic rings. The number of hydrogen-bond donors (Lipinski definition) is 1. The Balaban J connectivity index is 2.16. The predicted octanol–water partition coefficient (Wildman–Crippen LogP) is 2.70. The van der Waals surface area contributed by atoms with Gasteiger partial charge in [0.15, 0.2) is 0 Å². The molecule has 0 unspecified atom stereocenters. The molecule has 0 bridgehead atoms. The van der Waals surface area contributed by atoms with Crippen LogP contribution in [0.15, 0.2) is 54.6 Å². The Labute approximate surface area is 99.9 Å². The fourth-order valence-corrected chi connectivity index (χ4v) is 1.66. The molecule has 0 heterocycles. The maximum Gasteiger partial charge on any atom is 0.233 e. The van der Waals surface area contributed by atoms with Gasteiger partial charge in [0, 0.05) is 0 Å². The molecule has 2 aromatic carbocycles. The van der Waals surface area contributed by atoms with E-state index in [0.29, 0.717) is 11.5 Å². The van der Waals surface area contributed by atoms with Gasteiger partial charge in [-0.1, -0.05) is 54.6 Å². The van der Waals surface area contributed by atoms with Crippen molar-refractivity contribution in [1.82, 2.24) is 5.06 Å². The van der Waals surface area contributed by atoms with Gasteiger partial charge in [0.2, 0.25) is 6.41 Å². The van der Waals surface area contributed by atoms with E-state index >= 15 is 0 Å². The van der Waals surface area contributed by atoms with Gasteiger partial charge in [-0.3, -0.25) is 10.0 Å². The van der Waals surface area contributed by atoms with Gasteiger partial charge in [-0.25, -0.2) is 5.06 Å². The first-order valence-electron chi connectivity index (χ1n) is 5.35. The summed E-state index contributed by atoms with van der Waals surface area (Å²) in [7, 11) is 0. The Kier molecular flexibility index (Phi) is 3.52. The maximum atomic E-state index is 10.3. The first-order chi connectivity index (χ1) is 8.29. The number of carbonyl (C=O) groups excluding carboxylic acids is 1. The summed E-state index contributed by atoms with van der Waals surface area (Å²) in [5, 5.41) is 9.69. The van der Waals surface area contributed by atoms with Crippen LogP contribution in [0.4, 0.5) is 0 Å². The first kappa shape index (κ1) is 11.4. The van der Waals surface area contributed by atoms with E-state index in [0.717, 1.165) is 16.7 Å². The highest BCUT2D eigenvalue weighted by Crippen LogP contribution is 2.19. The van der Waals surface area contributed by atoms with Crippen LogP contribution in [-0.4, -0.2) is 16.7 Å². The molecule has 2 rings (SSSR count). The molecule has 86 valence electrons. The van der Waals surface area contributed by atoms with Crippen LogP contribution in [0.3, 0.4) is 0 Å². The third-order valence-corrected chi connectivity index (χ3v) is 2.53. The van der Waals surface area contributed by atoms with E-state index in [1.54, 1.807) is 0 Å². The van der Waals surface area contributed by atoms with Gasteiger partial charge in [0.25, 0.3) is 0 Å². The third-order valence-electron chi connectivity index (χ3n) is 2.53. The molecule has 0 aliphatic heterocycles. The van der Waals surface area contributed by atoms with Crippen LogP contribution in [0.2, 0.25) is 0 Å². The van der Waals surface area contributed by atoms with Crippen LogP contribution in [0.5, 0.6) is 0 Å². The lowest BCUT2D eigenvalue weighted by molar-refractivity contribution is -0.152. The molecular weight excluding hydrogens is 214 g/mol. The molecule has 0 aliphatic rings. The number of carbonyl (C=O) groups is 1. The largest absolute Gasteiger partial charge is 0.286 e. The highest BCUT2D eigenvalue weighted by molar-refractivity contribution is 5.63. The van der Waals surface area contributed by atoms with E-state index in [1.165, 1.54) is 0 Å². The number of hydrogen-bond acceptors (Lipinski definition) is 2. The Morgan fingerprint density at radius 2 is 1.53 bits per heavy atom. The molecule has 3 heteroatoms. The van der Waals surface area contributed by atoms with Gasteiger partial charge in [-0.15, -0.1) is 0 Å². The molecule has 17 heavy (non-hydrogen) atoms.